The second-order valence-electron chi connectivity index (χ2n) is 6.75. The second kappa shape index (κ2) is 9.41. The minimum absolute atomic E-state index is 0.217. The minimum Gasteiger partial charge on any atom is -0.493 e. The fourth-order valence-electron chi connectivity index (χ4n) is 3.18. The quantitative estimate of drug-likeness (QED) is 0.488. The van der Waals surface area contributed by atoms with Gasteiger partial charge in [0.2, 0.25) is 6.29 Å². The molecule has 2 aromatic carbocycles. The first-order valence-corrected chi connectivity index (χ1v) is 9.23. The number of methoxy groups -OCH3 is 2. The van der Waals surface area contributed by atoms with E-state index in [1.165, 1.54) is 14.2 Å². The van der Waals surface area contributed by atoms with E-state index in [0.717, 1.165) is 11.1 Å². The largest absolute Gasteiger partial charge is 0.493 e. The molecular formula is C21H24O9. The van der Waals surface area contributed by atoms with Gasteiger partial charge < -0.3 is 39.4 Å². The van der Waals surface area contributed by atoms with E-state index in [1.807, 2.05) is 6.07 Å². The van der Waals surface area contributed by atoms with E-state index in [2.05, 4.69) is 0 Å². The number of carbonyl (C=O) groups is 1. The standard InChI is InChI=1S/C21H24O9/c1-27-15-9-12(11-4-3-5-13(8-11)20(26)28-2)6-7-14(15)29-21-19(25)18(24)17(23)16(10-22)30-21/h3-9,16-19,21-25H,10H2,1-2H3/t16-,17-,18-,19-,21+/m1/s1. The zero-order chi connectivity index (χ0) is 21.8. The van der Waals surface area contributed by atoms with Crippen molar-refractivity contribution in [3.63, 3.8) is 0 Å². The van der Waals surface area contributed by atoms with Gasteiger partial charge >= 0.3 is 5.97 Å². The number of aliphatic hydroxyl groups is 4. The Balaban J connectivity index is 1.85. The summed E-state index contributed by atoms with van der Waals surface area (Å²) in [6.07, 6.45) is -6.98. The maximum absolute atomic E-state index is 11.8. The molecule has 3 rings (SSSR count). The van der Waals surface area contributed by atoms with E-state index in [-0.39, 0.29) is 5.75 Å². The molecule has 0 amide bonds. The fraction of sp³-hybridized carbons (Fsp3) is 0.381. The Bertz CT molecular complexity index is 883. The second-order valence-corrected chi connectivity index (χ2v) is 6.75. The highest BCUT2D eigenvalue weighted by molar-refractivity contribution is 5.91. The number of esters is 1. The van der Waals surface area contributed by atoms with Gasteiger partial charge in [-0.3, -0.25) is 0 Å². The topological polar surface area (TPSA) is 135 Å². The van der Waals surface area contributed by atoms with Crippen molar-refractivity contribution in [3.05, 3.63) is 48.0 Å². The normalized spacial score (nSPS) is 26.1. The summed E-state index contributed by atoms with van der Waals surface area (Å²) in [6.45, 7) is -0.558. The van der Waals surface area contributed by atoms with Gasteiger partial charge in [-0.15, -0.1) is 0 Å². The van der Waals surface area contributed by atoms with E-state index in [1.54, 1.807) is 36.4 Å². The first-order chi connectivity index (χ1) is 14.4. The highest BCUT2D eigenvalue weighted by Gasteiger charge is 2.44. The Morgan fingerprint density at radius 2 is 1.70 bits per heavy atom. The van der Waals surface area contributed by atoms with Gasteiger partial charge in [0, 0.05) is 0 Å². The van der Waals surface area contributed by atoms with Crippen molar-refractivity contribution in [2.75, 3.05) is 20.8 Å². The molecule has 9 heteroatoms. The average molecular weight is 420 g/mol. The van der Waals surface area contributed by atoms with Crippen molar-refractivity contribution in [2.24, 2.45) is 0 Å². The van der Waals surface area contributed by atoms with E-state index in [4.69, 9.17) is 18.9 Å². The van der Waals surface area contributed by atoms with Crippen molar-refractivity contribution in [1.29, 1.82) is 0 Å². The molecule has 9 nitrogen and oxygen atoms in total. The molecule has 0 radical (unpaired) electrons. The van der Waals surface area contributed by atoms with Gasteiger partial charge in [-0.2, -0.15) is 0 Å². The maximum Gasteiger partial charge on any atom is 0.337 e. The van der Waals surface area contributed by atoms with E-state index in [9.17, 15) is 25.2 Å². The predicted molar refractivity (Wildman–Crippen MR) is 104 cm³/mol. The molecule has 0 saturated carbocycles. The van der Waals surface area contributed by atoms with Crippen LogP contribution >= 0.6 is 0 Å². The lowest BCUT2D eigenvalue weighted by molar-refractivity contribution is -0.277. The number of carbonyl (C=O) groups excluding carboxylic acids is 1. The van der Waals surface area contributed by atoms with Crippen molar-refractivity contribution in [3.8, 4) is 22.6 Å². The molecule has 1 heterocycles. The van der Waals surface area contributed by atoms with Crippen molar-refractivity contribution in [1.82, 2.24) is 0 Å². The number of ether oxygens (including phenoxy) is 4. The summed E-state index contributed by atoms with van der Waals surface area (Å²) >= 11 is 0. The lowest BCUT2D eigenvalue weighted by Crippen LogP contribution is -2.60. The van der Waals surface area contributed by atoms with Crippen LogP contribution in [0.2, 0.25) is 0 Å². The zero-order valence-electron chi connectivity index (χ0n) is 16.5. The van der Waals surface area contributed by atoms with Crippen LogP contribution in [0.3, 0.4) is 0 Å². The third-order valence-corrected chi connectivity index (χ3v) is 4.87. The molecule has 0 aromatic heterocycles. The van der Waals surface area contributed by atoms with Gasteiger partial charge in [0.15, 0.2) is 11.5 Å². The van der Waals surface area contributed by atoms with Gasteiger partial charge in [-0.25, -0.2) is 4.79 Å². The van der Waals surface area contributed by atoms with Crippen LogP contribution in [0.25, 0.3) is 11.1 Å². The molecule has 30 heavy (non-hydrogen) atoms. The van der Waals surface area contributed by atoms with Gasteiger partial charge in [0.1, 0.15) is 24.4 Å². The summed E-state index contributed by atoms with van der Waals surface area (Å²) in [4.78, 5) is 11.8. The third kappa shape index (κ3) is 4.40. The van der Waals surface area contributed by atoms with E-state index >= 15 is 0 Å². The molecule has 1 aliphatic rings. The number of benzene rings is 2. The molecule has 0 bridgehead atoms. The maximum atomic E-state index is 11.8. The molecule has 162 valence electrons. The Labute approximate surface area is 173 Å². The molecule has 0 unspecified atom stereocenters. The summed E-state index contributed by atoms with van der Waals surface area (Å²) in [7, 11) is 2.74. The summed E-state index contributed by atoms with van der Waals surface area (Å²) in [5.41, 5.74) is 1.88. The van der Waals surface area contributed by atoms with Gasteiger partial charge in [0.25, 0.3) is 0 Å². The van der Waals surface area contributed by atoms with Crippen LogP contribution in [-0.2, 0) is 9.47 Å². The lowest BCUT2D eigenvalue weighted by atomic mass is 9.99. The summed E-state index contributed by atoms with van der Waals surface area (Å²) in [5, 5.41) is 39.3. The SMILES string of the molecule is COC(=O)c1cccc(-c2ccc(O[C@H]3O[C@H](CO)[C@@H](O)[C@@H](O)[C@H]3O)c(OC)c2)c1. The van der Waals surface area contributed by atoms with Crippen LogP contribution < -0.4 is 9.47 Å². The molecule has 1 saturated heterocycles. The lowest BCUT2D eigenvalue weighted by Gasteiger charge is -2.39. The third-order valence-electron chi connectivity index (χ3n) is 4.87. The zero-order valence-corrected chi connectivity index (χ0v) is 16.5. The Morgan fingerprint density at radius 3 is 2.37 bits per heavy atom. The molecule has 4 N–H and O–H groups in total. The smallest absolute Gasteiger partial charge is 0.337 e. The molecule has 0 spiro atoms. The molecule has 5 atom stereocenters. The monoisotopic (exact) mass is 420 g/mol. The van der Waals surface area contributed by atoms with Crippen molar-refractivity contribution < 1.29 is 44.2 Å². The van der Waals surface area contributed by atoms with Crippen LogP contribution in [0.4, 0.5) is 0 Å². The van der Waals surface area contributed by atoms with Crippen LogP contribution in [0, 0.1) is 0 Å². The summed E-state index contributed by atoms with van der Waals surface area (Å²) < 4.78 is 21.1. The number of aliphatic hydroxyl groups excluding tert-OH is 4. The number of hydrogen-bond donors (Lipinski definition) is 4. The average Bonchev–Trinajstić information content (AvgIpc) is 2.79. The Hall–Kier alpha value is -2.69. The minimum atomic E-state index is -1.55. The highest BCUT2D eigenvalue weighted by atomic mass is 16.7. The van der Waals surface area contributed by atoms with Crippen LogP contribution in [0.1, 0.15) is 10.4 Å². The van der Waals surface area contributed by atoms with E-state index < -0.39 is 43.3 Å². The Morgan fingerprint density at radius 1 is 0.967 bits per heavy atom. The number of rotatable bonds is 6. The fourth-order valence-corrected chi connectivity index (χ4v) is 3.18. The number of hydrogen-bond acceptors (Lipinski definition) is 9. The van der Waals surface area contributed by atoms with Crippen LogP contribution in [0.15, 0.2) is 42.5 Å². The summed E-state index contributed by atoms with van der Waals surface area (Å²) in [5.74, 6) is 0.0778. The molecule has 0 aliphatic carbocycles. The molecule has 2 aromatic rings. The molecule has 1 aliphatic heterocycles. The highest BCUT2D eigenvalue weighted by Crippen LogP contribution is 2.35. The van der Waals surface area contributed by atoms with Gasteiger partial charge in [-0.05, 0) is 35.4 Å². The Kier molecular flexibility index (Phi) is 6.91. The van der Waals surface area contributed by atoms with Gasteiger partial charge in [0.05, 0.1) is 26.4 Å². The van der Waals surface area contributed by atoms with Crippen molar-refractivity contribution in [2.45, 2.75) is 30.7 Å². The first-order valence-electron chi connectivity index (χ1n) is 9.23. The summed E-state index contributed by atoms with van der Waals surface area (Å²) in [6, 6.07) is 11.8. The van der Waals surface area contributed by atoms with Gasteiger partial charge in [-0.1, -0.05) is 18.2 Å². The molecule has 1 fully saturated rings. The van der Waals surface area contributed by atoms with Crippen LogP contribution in [0.5, 0.6) is 11.5 Å². The van der Waals surface area contributed by atoms with E-state index in [0.29, 0.717) is 11.3 Å². The molecular weight excluding hydrogens is 396 g/mol. The predicted octanol–water partition coefficient (Wildman–Crippen LogP) is 0.327. The van der Waals surface area contributed by atoms with Crippen molar-refractivity contribution >= 4 is 5.97 Å². The first kappa shape index (κ1) is 22.0. The van der Waals surface area contributed by atoms with Crippen LogP contribution in [-0.4, -0.2) is 77.9 Å².